The van der Waals surface area contributed by atoms with Crippen LogP contribution in [0.3, 0.4) is 0 Å². The van der Waals surface area contributed by atoms with Crippen molar-refractivity contribution in [1.29, 1.82) is 0 Å². The summed E-state index contributed by atoms with van der Waals surface area (Å²) < 4.78 is 19.0. The Morgan fingerprint density at radius 2 is 1.69 bits per heavy atom. The van der Waals surface area contributed by atoms with E-state index in [0.717, 1.165) is 29.6 Å². The average molecular weight is 654 g/mol. The van der Waals surface area contributed by atoms with Crippen LogP contribution in [-0.4, -0.2) is 25.3 Å². The van der Waals surface area contributed by atoms with Crippen LogP contribution >= 0.6 is 45.2 Å². The zero-order valence-electron chi connectivity index (χ0n) is 17.0. The van der Waals surface area contributed by atoms with E-state index in [-0.39, 0.29) is 12.3 Å². The van der Waals surface area contributed by atoms with Crippen molar-refractivity contribution < 1.29 is 19.0 Å². The molecule has 32 heavy (non-hydrogen) atoms. The molecule has 0 unspecified atom stereocenters. The molecule has 0 spiro atoms. The summed E-state index contributed by atoms with van der Waals surface area (Å²) in [6, 6.07) is 19.5. The van der Waals surface area contributed by atoms with E-state index in [2.05, 4.69) is 55.7 Å². The Kier molecular flexibility index (Phi) is 7.85. The van der Waals surface area contributed by atoms with Crippen LogP contribution in [0.15, 0.2) is 65.8 Å². The maximum atomic E-state index is 12.3. The molecule has 1 amide bonds. The number of halogens is 2. The summed E-state index contributed by atoms with van der Waals surface area (Å²) in [4.78, 5) is 12.3. The number of hydrogen-bond acceptors (Lipinski definition) is 5. The van der Waals surface area contributed by atoms with Crippen molar-refractivity contribution in [3.8, 4) is 17.2 Å². The largest absolute Gasteiger partial charge is 0.487 e. The Hall–Kier alpha value is -2.34. The van der Waals surface area contributed by atoms with Crippen molar-refractivity contribution in [2.45, 2.75) is 13.0 Å². The first-order valence-electron chi connectivity index (χ1n) is 9.95. The topological polar surface area (TPSA) is 69.2 Å². The molecule has 6 nitrogen and oxygen atoms in total. The number of ether oxygens (including phenoxy) is 3. The van der Waals surface area contributed by atoms with Gasteiger partial charge in [0.1, 0.15) is 25.6 Å². The van der Waals surface area contributed by atoms with Gasteiger partial charge in [-0.15, -0.1) is 0 Å². The zero-order valence-corrected chi connectivity index (χ0v) is 21.3. The second-order valence-electron chi connectivity index (χ2n) is 7.04. The van der Waals surface area contributed by atoms with Gasteiger partial charge in [-0.2, -0.15) is 5.10 Å². The highest BCUT2D eigenvalue weighted by molar-refractivity contribution is 14.1. The summed E-state index contributed by atoms with van der Waals surface area (Å²) in [6.07, 6.45) is 1.84. The quantitative estimate of drug-likeness (QED) is 0.223. The highest BCUT2D eigenvalue weighted by Gasteiger charge is 2.13. The molecule has 0 saturated heterocycles. The predicted octanol–water partition coefficient (Wildman–Crippen LogP) is 4.94. The fourth-order valence-corrected chi connectivity index (χ4v) is 5.25. The third kappa shape index (κ3) is 6.12. The molecule has 0 aliphatic carbocycles. The second kappa shape index (κ2) is 11.0. The number of benzene rings is 3. The summed E-state index contributed by atoms with van der Waals surface area (Å²) in [7, 11) is 0. The Morgan fingerprint density at radius 3 is 2.44 bits per heavy atom. The van der Waals surface area contributed by atoms with Gasteiger partial charge in [0, 0.05) is 0 Å². The highest BCUT2D eigenvalue weighted by Crippen LogP contribution is 2.31. The fraction of sp³-hybridized carbons (Fsp3) is 0.167. The smallest absolute Gasteiger partial charge is 0.244 e. The van der Waals surface area contributed by atoms with Gasteiger partial charge in [-0.1, -0.05) is 36.4 Å². The third-order valence-corrected chi connectivity index (χ3v) is 6.22. The molecule has 1 aliphatic heterocycles. The number of nitrogens with one attached hydrogen (secondary N) is 1. The van der Waals surface area contributed by atoms with Crippen LogP contribution in [0.4, 0.5) is 0 Å². The van der Waals surface area contributed by atoms with Crippen molar-refractivity contribution in [2.75, 3.05) is 13.2 Å². The van der Waals surface area contributed by atoms with E-state index >= 15 is 0 Å². The van der Waals surface area contributed by atoms with Crippen molar-refractivity contribution in [3.63, 3.8) is 0 Å². The summed E-state index contributed by atoms with van der Waals surface area (Å²) >= 11 is 4.50. The minimum atomic E-state index is -0.204. The normalized spacial score (nSPS) is 12.6. The van der Waals surface area contributed by atoms with Crippen molar-refractivity contribution in [2.24, 2.45) is 5.10 Å². The molecule has 1 N–H and O–H groups in total. The first-order chi connectivity index (χ1) is 15.6. The molecule has 3 aromatic rings. The van der Waals surface area contributed by atoms with Crippen LogP contribution in [0.2, 0.25) is 0 Å². The molecule has 4 rings (SSSR count). The SMILES string of the molecule is O=C(Cc1ccc2c(c1)OCCO2)N/N=C/c1cc(I)c(OCc2ccccc2)c(I)c1. The van der Waals surface area contributed by atoms with Gasteiger partial charge in [-0.25, -0.2) is 5.43 Å². The van der Waals surface area contributed by atoms with Gasteiger partial charge in [0.05, 0.1) is 19.8 Å². The van der Waals surface area contributed by atoms with Gasteiger partial charge in [0.2, 0.25) is 5.91 Å². The molecular formula is C24H20I2N2O4. The second-order valence-corrected chi connectivity index (χ2v) is 9.36. The van der Waals surface area contributed by atoms with E-state index in [9.17, 15) is 4.79 Å². The van der Waals surface area contributed by atoms with Crippen LogP contribution in [0, 0.1) is 7.14 Å². The summed E-state index contributed by atoms with van der Waals surface area (Å²) in [5.74, 6) is 2.02. The van der Waals surface area contributed by atoms with Crippen LogP contribution < -0.4 is 19.6 Å². The first kappa shape index (κ1) is 22.8. The first-order valence-corrected chi connectivity index (χ1v) is 12.1. The molecule has 0 bridgehead atoms. The molecule has 1 aliphatic rings. The number of hydrazone groups is 1. The number of rotatable bonds is 7. The Bertz CT molecular complexity index is 1110. The van der Waals surface area contributed by atoms with Crippen LogP contribution in [0.5, 0.6) is 17.2 Å². The lowest BCUT2D eigenvalue weighted by atomic mass is 10.1. The van der Waals surface area contributed by atoms with Crippen molar-refractivity contribution in [3.05, 3.63) is 84.5 Å². The molecule has 8 heteroatoms. The summed E-state index contributed by atoms with van der Waals surface area (Å²) in [5, 5.41) is 4.10. The van der Waals surface area contributed by atoms with E-state index in [4.69, 9.17) is 14.2 Å². The molecule has 0 atom stereocenters. The lowest BCUT2D eigenvalue weighted by molar-refractivity contribution is -0.120. The van der Waals surface area contributed by atoms with Crippen molar-refractivity contribution in [1.82, 2.24) is 5.43 Å². The number of carbonyl (C=O) groups excluding carboxylic acids is 1. The molecule has 3 aromatic carbocycles. The van der Waals surface area contributed by atoms with E-state index in [0.29, 0.717) is 31.3 Å². The molecule has 0 fully saturated rings. The van der Waals surface area contributed by atoms with Crippen LogP contribution in [0.25, 0.3) is 0 Å². The van der Waals surface area contributed by atoms with E-state index in [1.54, 1.807) is 6.21 Å². The zero-order chi connectivity index (χ0) is 22.3. The number of nitrogens with zero attached hydrogens (tertiary/aromatic N) is 1. The Morgan fingerprint density at radius 1 is 0.969 bits per heavy atom. The van der Waals surface area contributed by atoms with E-state index in [1.165, 1.54) is 0 Å². The van der Waals surface area contributed by atoms with Gasteiger partial charge in [-0.05, 0) is 86.1 Å². The number of hydrogen-bond donors (Lipinski definition) is 1. The Balaban J connectivity index is 1.33. The lowest BCUT2D eigenvalue weighted by Crippen LogP contribution is -2.20. The highest BCUT2D eigenvalue weighted by atomic mass is 127. The molecule has 0 radical (unpaired) electrons. The Labute approximate surface area is 213 Å². The molecule has 0 aromatic heterocycles. The monoisotopic (exact) mass is 654 g/mol. The van der Waals surface area contributed by atoms with E-state index in [1.807, 2.05) is 60.7 Å². The standard InChI is InChI=1S/C24H20I2N2O4/c25-19-10-18(11-20(26)24(19)32-15-16-4-2-1-3-5-16)14-27-28-23(29)13-17-6-7-21-22(12-17)31-9-8-30-21/h1-7,10-12,14H,8-9,13,15H2,(H,28,29)/b27-14+. The van der Waals surface area contributed by atoms with Gasteiger partial charge < -0.3 is 14.2 Å². The number of fused-ring (bicyclic) bond motifs is 1. The predicted molar refractivity (Wildman–Crippen MR) is 140 cm³/mol. The maximum absolute atomic E-state index is 12.3. The van der Waals surface area contributed by atoms with Crippen molar-refractivity contribution >= 4 is 57.3 Å². The van der Waals surface area contributed by atoms with Crippen LogP contribution in [-0.2, 0) is 17.8 Å². The van der Waals surface area contributed by atoms with Gasteiger partial charge >= 0.3 is 0 Å². The minimum Gasteiger partial charge on any atom is -0.487 e. The van der Waals surface area contributed by atoms with Gasteiger partial charge in [-0.3, -0.25) is 4.79 Å². The minimum absolute atomic E-state index is 0.204. The number of carbonyl (C=O) groups is 1. The number of amides is 1. The van der Waals surface area contributed by atoms with E-state index < -0.39 is 0 Å². The summed E-state index contributed by atoms with van der Waals surface area (Å²) in [5.41, 5.74) is 5.42. The van der Waals surface area contributed by atoms with Gasteiger partial charge in [0.25, 0.3) is 0 Å². The molecule has 1 heterocycles. The molecule has 164 valence electrons. The lowest BCUT2D eigenvalue weighted by Gasteiger charge is -2.18. The fourth-order valence-electron chi connectivity index (χ4n) is 3.12. The maximum Gasteiger partial charge on any atom is 0.244 e. The molecular weight excluding hydrogens is 634 g/mol. The average Bonchev–Trinajstić information content (AvgIpc) is 2.79. The third-order valence-electron chi connectivity index (χ3n) is 4.62. The summed E-state index contributed by atoms with van der Waals surface area (Å²) in [6.45, 7) is 1.57. The van der Waals surface area contributed by atoms with Crippen LogP contribution in [0.1, 0.15) is 16.7 Å². The molecule has 0 saturated carbocycles. The van der Waals surface area contributed by atoms with Gasteiger partial charge in [0.15, 0.2) is 11.5 Å².